The molecule has 1 heterocycles. The molecule has 0 aliphatic carbocycles. The van der Waals surface area contributed by atoms with Gasteiger partial charge >= 0.3 is 0 Å². The average molecular weight is 261 g/mol. The van der Waals surface area contributed by atoms with Crippen molar-refractivity contribution in [2.24, 2.45) is 7.05 Å². The van der Waals surface area contributed by atoms with Crippen molar-refractivity contribution >= 4 is 18.0 Å². The number of hydrogen-bond donors (Lipinski definition) is 0. The molecule has 2 aromatic rings. The van der Waals surface area contributed by atoms with Gasteiger partial charge in [-0.2, -0.15) is 0 Å². The second-order valence-corrected chi connectivity index (χ2v) is 4.95. The van der Waals surface area contributed by atoms with Crippen LogP contribution in [0.2, 0.25) is 0 Å². The normalized spacial score (nSPS) is 10.5. The zero-order chi connectivity index (χ0) is 12.8. The van der Waals surface area contributed by atoms with E-state index in [1.807, 2.05) is 41.9 Å². The zero-order valence-corrected chi connectivity index (χ0v) is 11.1. The first kappa shape index (κ1) is 12.8. The third-order valence-corrected chi connectivity index (χ3v) is 3.67. The van der Waals surface area contributed by atoms with Crippen LogP contribution in [0, 0.1) is 0 Å². The lowest BCUT2D eigenvalue weighted by atomic mass is 10.2. The van der Waals surface area contributed by atoms with Gasteiger partial charge < -0.3 is 9.36 Å². The number of nitrogens with zero attached hydrogens (tertiary/aromatic N) is 3. The van der Waals surface area contributed by atoms with Gasteiger partial charge in [-0.05, 0) is 6.42 Å². The highest BCUT2D eigenvalue weighted by molar-refractivity contribution is 7.99. The Hall–Kier alpha value is -1.62. The monoisotopic (exact) mass is 261 g/mol. The van der Waals surface area contributed by atoms with E-state index in [0.29, 0.717) is 6.42 Å². The number of rotatable bonds is 6. The lowest BCUT2D eigenvalue weighted by Crippen LogP contribution is -1.95. The standard InChI is InChI=1S/C13H15N3OS/c1-16-12(11-7-3-2-4-8-11)14-15-13(16)18-10-6-5-9-17/h2-4,7-9H,5-6,10H2,1H3. The molecule has 0 N–H and O–H groups in total. The van der Waals surface area contributed by atoms with Crippen LogP contribution in [-0.2, 0) is 11.8 Å². The van der Waals surface area contributed by atoms with Gasteiger partial charge in [0.15, 0.2) is 11.0 Å². The van der Waals surface area contributed by atoms with Gasteiger partial charge in [0.25, 0.3) is 0 Å². The van der Waals surface area contributed by atoms with E-state index < -0.39 is 0 Å². The summed E-state index contributed by atoms with van der Waals surface area (Å²) in [6.45, 7) is 0. The predicted octanol–water partition coefficient (Wildman–Crippen LogP) is 2.55. The Morgan fingerprint density at radius 3 is 2.78 bits per heavy atom. The average Bonchev–Trinajstić information content (AvgIpc) is 2.77. The van der Waals surface area contributed by atoms with E-state index in [1.165, 1.54) is 0 Å². The van der Waals surface area contributed by atoms with Crippen molar-refractivity contribution < 1.29 is 4.79 Å². The maximum Gasteiger partial charge on any atom is 0.191 e. The maximum absolute atomic E-state index is 10.2. The van der Waals surface area contributed by atoms with E-state index in [0.717, 1.165) is 35.0 Å². The number of aldehydes is 1. The molecule has 1 aromatic carbocycles. The summed E-state index contributed by atoms with van der Waals surface area (Å²) < 4.78 is 1.99. The van der Waals surface area contributed by atoms with Gasteiger partial charge in [-0.1, -0.05) is 42.1 Å². The first-order valence-corrected chi connectivity index (χ1v) is 6.82. The van der Waals surface area contributed by atoms with Crippen molar-refractivity contribution in [1.82, 2.24) is 14.8 Å². The number of hydrogen-bond acceptors (Lipinski definition) is 4. The molecule has 18 heavy (non-hydrogen) atoms. The molecule has 4 nitrogen and oxygen atoms in total. The van der Waals surface area contributed by atoms with E-state index in [-0.39, 0.29) is 0 Å². The largest absolute Gasteiger partial charge is 0.305 e. The SMILES string of the molecule is Cn1c(SCCCC=O)nnc1-c1ccccc1. The number of aromatic nitrogens is 3. The Balaban J connectivity index is 2.07. The second-order valence-electron chi connectivity index (χ2n) is 3.89. The van der Waals surface area contributed by atoms with Crippen LogP contribution >= 0.6 is 11.8 Å². The van der Waals surface area contributed by atoms with E-state index in [4.69, 9.17) is 0 Å². The third-order valence-electron chi connectivity index (χ3n) is 2.56. The van der Waals surface area contributed by atoms with Crippen LogP contribution in [0.3, 0.4) is 0 Å². The Labute approximate surface area is 110 Å². The van der Waals surface area contributed by atoms with Gasteiger partial charge in [0.1, 0.15) is 6.29 Å². The first-order chi connectivity index (χ1) is 8.83. The minimum absolute atomic E-state index is 0.608. The summed E-state index contributed by atoms with van der Waals surface area (Å²) in [5.41, 5.74) is 1.06. The van der Waals surface area contributed by atoms with Crippen molar-refractivity contribution in [3.8, 4) is 11.4 Å². The predicted molar refractivity (Wildman–Crippen MR) is 72.5 cm³/mol. The van der Waals surface area contributed by atoms with Crippen molar-refractivity contribution in [3.05, 3.63) is 30.3 Å². The molecule has 0 spiro atoms. The van der Waals surface area contributed by atoms with Crippen molar-refractivity contribution in [2.75, 3.05) is 5.75 Å². The molecule has 0 aliphatic heterocycles. The molecule has 0 saturated heterocycles. The zero-order valence-electron chi connectivity index (χ0n) is 10.2. The number of benzene rings is 1. The molecule has 0 bridgehead atoms. The molecule has 5 heteroatoms. The molecule has 0 amide bonds. The molecule has 0 fully saturated rings. The van der Waals surface area contributed by atoms with Crippen LogP contribution in [0.5, 0.6) is 0 Å². The Kier molecular flexibility index (Phi) is 4.52. The van der Waals surface area contributed by atoms with Crippen molar-refractivity contribution in [1.29, 1.82) is 0 Å². The Morgan fingerprint density at radius 2 is 2.06 bits per heavy atom. The molecule has 0 unspecified atom stereocenters. The molecule has 1 aromatic heterocycles. The van der Waals surface area contributed by atoms with Crippen LogP contribution in [0.25, 0.3) is 11.4 Å². The van der Waals surface area contributed by atoms with Crippen molar-refractivity contribution in [3.63, 3.8) is 0 Å². The van der Waals surface area contributed by atoms with Gasteiger partial charge in [-0.25, -0.2) is 0 Å². The number of unbranched alkanes of at least 4 members (excludes halogenated alkanes) is 1. The van der Waals surface area contributed by atoms with Crippen LogP contribution in [0.1, 0.15) is 12.8 Å². The first-order valence-electron chi connectivity index (χ1n) is 5.84. The van der Waals surface area contributed by atoms with Gasteiger partial charge in [0, 0.05) is 24.8 Å². The lowest BCUT2D eigenvalue weighted by molar-refractivity contribution is -0.107. The highest BCUT2D eigenvalue weighted by Gasteiger charge is 2.10. The molecular weight excluding hydrogens is 246 g/mol. The minimum Gasteiger partial charge on any atom is -0.305 e. The molecule has 94 valence electrons. The van der Waals surface area contributed by atoms with Gasteiger partial charge in [-0.15, -0.1) is 10.2 Å². The summed E-state index contributed by atoms with van der Waals surface area (Å²) in [6.07, 6.45) is 2.44. The number of carbonyl (C=O) groups excluding carboxylic acids is 1. The topological polar surface area (TPSA) is 47.8 Å². The Bertz CT molecular complexity index is 510. The highest BCUT2D eigenvalue weighted by Crippen LogP contribution is 2.22. The molecule has 0 radical (unpaired) electrons. The molecule has 0 aliphatic rings. The van der Waals surface area contributed by atoms with E-state index in [2.05, 4.69) is 10.2 Å². The Morgan fingerprint density at radius 1 is 1.28 bits per heavy atom. The van der Waals surface area contributed by atoms with Crippen LogP contribution in [0.4, 0.5) is 0 Å². The summed E-state index contributed by atoms with van der Waals surface area (Å²) in [5.74, 6) is 1.76. The summed E-state index contributed by atoms with van der Waals surface area (Å²) in [5, 5.41) is 9.27. The number of carbonyl (C=O) groups is 1. The van der Waals surface area contributed by atoms with Crippen LogP contribution in [-0.4, -0.2) is 26.8 Å². The smallest absolute Gasteiger partial charge is 0.191 e. The fourth-order valence-electron chi connectivity index (χ4n) is 1.61. The van der Waals surface area contributed by atoms with Crippen LogP contribution in [0.15, 0.2) is 35.5 Å². The third kappa shape index (κ3) is 2.98. The van der Waals surface area contributed by atoms with E-state index in [1.54, 1.807) is 11.8 Å². The summed E-state index contributed by atoms with van der Waals surface area (Å²) >= 11 is 1.63. The van der Waals surface area contributed by atoms with Gasteiger partial charge in [0.2, 0.25) is 0 Å². The lowest BCUT2D eigenvalue weighted by Gasteiger charge is -2.03. The molecule has 2 rings (SSSR count). The molecule has 0 saturated carbocycles. The fourth-order valence-corrected chi connectivity index (χ4v) is 2.48. The number of thioether (sulfide) groups is 1. The fraction of sp³-hybridized carbons (Fsp3) is 0.308. The summed E-state index contributed by atoms with van der Waals surface area (Å²) in [6, 6.07) is 9.99. The summed E-state index contributed by atoms with van der Waals surface area (Å²) in [4.78, 5) is 10.2. The summed E-state index contributed by atoms with van der Waals surface area (Å²) in [7, 11) is 1.96. The quantitative estimate of drug-likeness (QED) is 0.455. The molecule has 0 atom stereocenters. The van der Waals surface area contributed by atoms with Gasteiger partial charge in [-0.3, -0.25) is 0 Å². The van der Waals surface area contributed by atoms with Gasteiger partial charge in [0.05, 0.1) is 0 Å². The van der Waals surface area contributed by atoms with E-state index in [9.17, 15) is 4.79 Å². The van der Waals surface area contributed by atoms with Crippen molar-refractivity contribution in [2.45, 2.75) is 18.0 Å². The minimum atomic E-state index is 0.608. The van der Waals surface area contributed by atoms with E-state index >= 15 is 0 Å². The molecular formula is C13H15N3OS. The second kappa shape index (κ2) is 6.35. The highest BCUT2D eigenvalue weighted by atomic mass is 32.2. The maximum atomic E-state index is 10.2. The van der Waals surface area contributed by atoms with Crippen LogP contribution < -0.4 is 0 Å².